The number of hydrogen-bond donors (Lipinski definition) is 1. The van der Waals surface area contributed by atoms with Crippen molar-refractivity contribution >= 4 is 22.8 Å². The number of aryl methyl sites for hydroxylation is 2. The maximum Gasteiger partial charge on any atom is 0.291 e. The van der Waals surface area contributed by atoms with E-state index in [0.717, 1.165) is 11.1 Å². The molecule has 5 aromatic rings. The van der Waals surface area contributed by atoms with Crippen molar-refractivity contribution in [2.75, 3.05) is 5.32 Å². The Labute approximate surface area is 178 Å². The number of nitrogens with one attached hydrogen (secondary N) is 1. The molecule has 0 aliphatic rings. The Bertz CT molecular complexity index is 1360. The first-order valence-corrected chi connectivity index (χ1v) is 9.88. The van der Waals surface area contributed by atoms with Gasteiger partial charge in [0.05, 0.1) is 0 Å². The van der Waals surface area contributed by atoms with E-state index in [1.54, 1.807) is 30.5 Å². The molecular formula is C25H19N3O3. The molecule has 0 aliphatic heterocycles. The van der Waals surface area contributed by atoms with Crippen molar-refractivity contribution in [1.82, 2.24) is 9.97 Å². The smallest absolute Gasteiger partial charge is 0.291 e. The van der Waals surface area contributed by atoms with Crippen LogP contribution in [0.5, 0.6) is 0 Å². The molecule has 0 aliphatic carbocycles. The lowest BCUT2D eigenvalue weighted by Crippen LogP contribution is -2.10. The minimum atomic E-state index is -0.311. The highest BCUT2D eigenvalue weighted by atomic mass is 16.4. The van der Waals surface area contributed by atoms with E-state index in [9.17, 15) is 4.79 Å². The van der Waals surface area contributed by atoms with Crippen molar-refractivity contribution in [2.45, 2.75) is 13.8 Å². The Morgan fingerprint density at radius 1 is 0.871 bits per heavy atom. The van der Waals surface area contributed by atoms with E-state index in [-0.39, 0.29) is 11.7 Å². The van der Waals surface area contributed by atoms with Crippen LogP contribution in [0.3, 0.4) is 0 Å². The lowest BCUT2D eigenvalue weighted by atomic mass is 10.1. The Morgan fingerprint density at radius 2 is 1.68 bits per heavy atom. The fourth-order valence-electron chi connectivity index (χ4n) is 3.29. The van der Waals surface area contributed by atoms with Gasteiger partial charge in [0.1, 0.15) is 5.76 Å². The molecule has 6 nitrogen and oxygen atoms in total. The summed E-state index contributed by atoms with van der Waals surface area (Å²) in [4.78, 5) is 21.2. The summed E-state index contributed by atoms with van der Waals surface area (Å²) in [7, 11) is 0. The molecule has 0 saturated heterocycles. The largest absolute Gasteiger partial charge is 0.451 e. The number of pyridine rings is 1. The lowest BCUT2D eigenvalue weighted by molar-refractivity contribution is 0.0997. The molecule has 0 atom stereocenters. The van der Waals surface area contributed by atoms with Crippen LogP contribution in [0.1, 0.15) is 21.7 Å². The molecule has 0 saturated carbocycles. The van der Waals surface area contributed by atoms with Crippen LogP contribution in [0.25, 0.3) is 34.0 Å². The van der Waals surface area contributed by atoms with E-state index in [0.29, 0.717) is 28.6 Å². The highest BCUT2D eigenvalue weighted by Gasteiger charge is 2.14. The van der Waals surface area contributed by atoms with Gasteiger partial charge in [-0.15, -0.1) is 0 Å². The number of benzene rings is 2. The quantitative estimate of drug-likeness (QED) is 0.393. The maximum absolute atomic E-state index is 12.6. The summed E-state index contributed by atoms with van der Waals surface area (Å²) in [5, 5.41) is 2.85. The van der Waals surface area contributed by atoms with Crippen molar-refractivity contribution in [3.8, 4) is 22.8 Å². The number of fused-ring (bicyclic) bond motifs is 1. The van der Waals surface area contributed by atoms with Crippen molar-refractivity contribution in [3.63, 3.8) is 0 Å². The third kappa shape index (κ3) is 3.71. The molecule has 1 N–H and O–H groups in total. The van der Waals surface area contributed by atoms with Gasteiger partial charge in [-0.05, 0) is 79.6 Å². The monoisotopic (exact) mass is 409 g/mol. The summed E-state index contributed by atoms with van der Waals surface area (Å²) in [6.07, 6.45) is 1.67. The van der Waals surface area contributed by atoms with Gasteiger partial charge in [-0.3, -0.25) is 4.79 Å². The molecule has 0 spiro atoms. The predicted octanol–water partition coefficient (Wildman–Crippen LogP) is 6.02. The number of carbonyl (C=O) groups excluding carboxylic acids is 1. The average molecular weight is 409 g/mol. The molecule has 0 radical (unpaired) electrons. The summed E-state index contributed by atoms with van der Waals surface area (Å²) in [6.45, 7) is 4.11. The van der Waals surface area contributed by atoms with Gasteiger partial charge < -0.3 is 14.2 Å². The van der Waals surface area contributed by atoms with Gasteiger partial charge in [-0.25, -0.2) is 4.98 Å². The zero-order chi connectivity index (χ0) is 21.4. The number of nitrogens with zero attached hydrogens (tertiary/aromatic N) is 2. The SMILES string of the molecule is Cc1ccc(-c2ccc(C(=O)Nc3ccc(-c4nc5ncccc5o4)cc3)o2)cc1C. The molecule has 0 unspecified atom stereocenters. The van der Waals surface area contributed by atoms with Crippen LogP contribution in [-0.2, 0) is 0 Å². The fraction of sp³-hybridized carbons (Fsp3) is 0.0800. The van der Waals surface area contributed by atoms with Crippen LogP contribution in [0.2, 0.25) is 0 Å². The fourth-order valence-corrected chi connectivity index (χ4v) is 3.29. The second kappa shape index (κ2) is 7.57. The summed E-state index contributed by atoms with van der Waals surface area (Å²) in [6, 6.07) is 20.5. The normalized spacial score (nSPS) is 11.0. The Kier molecular flexibility index (Phi) is 4.59. The van der Waals surface area contributed by atoms with Crippen LogP contribution >= 0.6 is 0 Å². The van der Waals surface area contributed by atoms with Crippen LogP contribution in [0.4, 0.5) is 5.69 Å². The number of rotatable bonds is 4. The number of anilines is 1. The average Bonchev–Trinajstić information content (AvgIpc) is 3.44. The van der Waals surface area contributed by atoms with Gasteiger partial charge in [0.25, 0.3) is 5.91 Å². The van der Waals surface area contributed by atoms with Gasteiger partial charge in [0, 0.05) is 23.0 Å². The molecule has 31 heavy (non-hydrogen) atoms. The van der Waals surface area contributed by atoms with Crippen molar-refractivity contribution in [2.24, 2.45) is 0 Å². The third-order valence-electron chi connectivity index (χ3n) is 5.18. The number of amides is 1. The molecular weight excluding hydrogens is 390 g/mol. The summed E-state index contributed by atoms with van der Waals surface area (Å²) in [5.74, 6) is 1.08. The van der Waals surface area contributed by atoms with Gasteiger partial charge in [0.2, 0.25) is 5.89 Å². The summed E-state index contributed by atoms with van der Waals surface area (Å²) in [5.41, 5.74) is 5.97. The van der Waals surface area contributed by atoms with Gasteiger partial charge in [-0.1, -0.05) is 12.1 Å². The molecule has 2 aromatic carbocycles. The Balaban J connectivity index is 1.31. The van der Waals surface area contributed by atoms with Crippen LogP contribution < -0.4 is 5.32 Å². The van der Waals surface area contributed by atoms with Crippen LogP contribution in [0, 0.1) is 13.8 Å². The standard InChI is InChI=1S/C25H19N3O3/c1-15-5-6-18(14-16(15)2)20-11-12-22(30-20)24(29)27-19-9-7-17(8-10-19)25-28-23-21(31-25)4-3-13-26-23/h3-14H,1-2H3,(H,27,29). The van der Waals surface area contributed by atoms with E-state index in [1.807, 2.05) is 36.4 Å². The van der Waals surface area contributed by atoms with Gasteiger partial charge >= 0.3 is 0 Å². The third-order valence-corrected chi connectivity index (χ3v) is 5.18. The number of hydrogen-bond acceptors (Lipinski definition) is 5. The second-order valence-electron chi connectivity index (χ2n) is 7.34. The molecule has 1 amide bonds. The predicted molar refractivity (Wildman–Crippen MR) is 119 cm³/mol. The molecule has 3 aromatic heterocycles. The Morgan fingerprint density at radius 3 is 2.45 bits per heavy atom. The lowest BCUT2D eigenvalue weighted by Gasteiger charge is -2.04. The molecule has 3 heterocycles. The van der Waals surface area contributed by atoms with E-state index in [2.05, 4.69) is 35.2 Å². The Hall–Kier alpha value is -4.19. The summed E-state index contributed by atoms with van der Waals surface area (Å²) < 4.78 is 11.5. The van der Waals surface area contributed by atoms with Crippen molar-refractivity contribution in [1.29, 1.82) is 0 Å². The molecule has 0 fully saturated rings. The van der Waals surface area contributed by atoms with Crippen molar-refractivity contribution in [3.05, 3.63) is 89.8 Å². The van der Waals surface area contributed by atoms with Gasteiger partial charge in [0.15, 0.2) is 17.0 Å². The van der Waals surface area contributed by atoms with Crippen molar-refractivity contribution < 1.29 is 13.6 Å². The van der Waals surface area contributed by atoms with E-state index in [1.165, 1.54) is 11.1 Å². The van der Waals surface area contributed by atoms with Gasteiger partial charge in [-0.2, -0.15) is 4.98 Å². The topological polar surface area (TPSA) is 81.2 Å². The molecule has 0 bridgehead atoms. The molecule has 6 heteroatoms. The number of carbonyl (C=O) groups is 1. The zero-order valence-electron chi connectivity index (χ0n) is 17.0. The van der Waals surface area contributed by atoms with Crippen LogP contribution in [0.15, 0.2) is 81.8 Å². The minimum Gasteiger partial charge on any atom is -0.451 e. The number of oxazole rings is 1. The van der Waals surface area contributed by atoms with E-state index < -0.39 is 0 Å². The number of aromatic nitrogens is 2. The van der Waals surface area contributed by atoms with Crippen LogP contribution in [-0.4, -0.2) is 15.9 Å². The summed E-state index contributed by atoms with van der Waals surface area (Å²) >= 11 is 0. The first-order valence-electron chi connectivity index (χ1n) is 9.88. The highest BCUT2D eigenvalue weighted by molar-refractivity contribution is 6.02. The van der Waals surface area contributed by atoms with E-state index in [4.69, 9.17) is 8.83 Å². The first kappa shape index (κ1) is 18.8. The minimum absolute atomic E-state index is 0.252. The first-order chi connectivity index (χ1) is 15.1. The zero-order valence-corrected chi connectivity index (χ0v) is 17.0. The van der Waals surface area contributed by atoms with E-state index >= 15 is 0 Å². The second-order valence-corrected chi connectivity index (χ2v) is 7.34. The maximum atomic E-state index is 12.6. The molecule has 5 rings (SSSR count). The molecule has 152 valence electrons. The number of furan rings is 1. The highest BCUT2D eigenvalue weighted by Crippen LogP contribution is 2.26.